The first-order valence-electron chi connectivity index (χ1n) is 8.35. The summed E-state index contributed by atoms with van der Waals surface area (Å²) >= 11 is 0. The molecule has 0 aliphatic carbocycles. The van der Waals surface area contributed by atoms with Crippen molar-refractivity contribution in [1.29, 1.82) is 0 Å². The van der Waals surface area contributed by atoms with Crippen LogP contribution in [0.5, 0.6) is 0 Å². The number of carbonyl (C=O) groups is 2. The molecule has 0 heterocycles. The molecule has 0 aliphatic heterocycles. The van der Waals surface area contributed by atoms with Crippen LogP contribution in [0.3, 0.4) is 0 Å². The second-order valence-electron chi connectivity index (χ2n) is 7.22. The minimum atomic E-state index is -3.44. The van der Waals surface area contributed by atoms with Gasteiger partial charge in [-0.3, -0.25) is 4.79 Å². The van der Waals surface area contributed by atoms with Gasteiger partial charge in [-0.1, -0.05) is 45.0 Å². The monoisotopic (exact) mass is 389 g/mol. The quantitative estimate of drug-likeness (QED) is 0.793. The smallest absolute Gasteiger partial charge is 0.338 e. The number of nitrogens with one attached hydrogen (secondary N) is 1. The summed E-state index contributed by atoms with van der Waals surface area (Å²) in [6.07, 6.45) is 1.05. The summed E-state index contributed by atoms with van der Waals surface area (Å²) < 4.78 is 28.2. The van der Waals surface area contributed by atoms with E-state index in [1.807, 2.05) is 39.0 Å². The molecule has 27 heavy (non-hydrogen) atoms. The number of sulfone groups is 1. The molecule has 1 N–H and O–H groups in total. The molecule has 0 aromatic heterocycles. The zero-order valence-corrected chi connectivity index (χ0v) is 16.6. The summed E-state index contributed by atoms with van der Waals surface area (Å²) in [7, 11) is -3.44. The van der Waals surface area contributed by atoms with Crippen LogP contribution in [0.15, 0.2) is 53.4 Å². The van der Waals surface area contributed by atoms with Gasteiger partial charge in [0.15, 0.2) is 16.4 Å². The average molecular weight is 389 g/mol. The molecule has 0 saturated heterocycles. The number of hydrogen-bond donors (Lipinski definition) is 1. The maximum atomic E-state index is 12.2. The van der Waals surface area contributed by atoms with Gasteiger partial charge in [-0.2, -0.15) is 0 Å². The van der Waals surface area contributed by atoms with Crippen molar-refractivity contribution in [2.75, 3.05) is 18.2 Å². The Labute approximate surface area is 159 Å². The van der Waals surface area contributed by atoms with Gasteiger partial charge < -0.3 is 10.1 Å². The Bertz CT molecular complexity index is 958. The van der Waals surface area contributed by atoms with E-state index in [1.54, 1.807) is 6.07 Å². The molecule has 0 fully saturated rings. The molecule has 0 atom stereocenters. The van der Waals surface area contributed by atoms with E-state index in [0.717, 1.165) is 11.8 Å². The van der Waals surface area contributed by atoms with Crippen LogP contribution in [0.4, 0.5) is 5.69 Å². The molecule has 1 amide bonds. The fourth-order valence-electron chi connectivity index (χ4n) is 2.50. The molecule has 0 spiro atoms. The zero-order valence-electron chi connectivity index (χ0n) is 15.8. The minimum Gasteiger partial charge on any atom is -0.452 e. The van der Waals surface area contributed by atoms with Crippen molar-refractivity contribution in [3.8, 4) is 0 Å². The fourth-order valence-corrected chi connectivity index (χ4v) is 3.17. The average Bonchev–Trinajstić information content (AvgIpc) is 2.58. The number of ether oxygens (including phenoxy) is 1. The first-order valence-corrected chi connectivity index (χ1v) is 10.2. The molecular weight excluding hydrogens is 366 g/mol. The van der Waals surface area contributed by atoms with Gasteiger partial charge in [0.05, 0.1) is 10.5 Å². The number of hydrogen-bond acceptors (Lipinski definition) is 5. The van der Waals surface area contributed by atoms with Crippen molar-refractivity contribution in [1.82, 2.24) is 0 Å². The summed E-state index contributed by atoms with van der Waals surface area (Å²) in [5.74, 6) is -1.24. The van der Waals surface area contributed by atoms with E-state index >= 15 is 0 Å². The largest absolute Gasteiger partial charge is 0.452 e. The topological polar surface area (TPSA) is 89.5 Å². The van der Waals surface area contributed by atoms with Crippen LogP contribution in [-0.2, 0) is 24.8 Å². The molecule has 0 bridgehead atoms. The second kappa shape index (κ2) is 7.92. The van der Waals surface area contributed by atoms with Gasteiger partial charge in [0.1, 0.15) is 0 Å². The molecule has 2 rings (SSSR count). The number of anilines is 1. The van der Waals surface area contributed by atoms with Crippen LogP contribution in [0.1, 0.15) is 36.7 Å². The lowest BCUT2D eigenvalue weighted by Crippen LogP contribution is -2.23. The van der Waals surface area contributed by atoms with Gasteiger partial charge >= 0.3 is 5.97 Å². The molecule has 0 unspecified atom stereocenters. The number of para-hydroxylation sites is 1. The predicted molar refractivity (Wildman–Crippen MR) is 104 cm³/mol. The van der Waals surface area contributed by atoms with Crippen molar-refractivity contribution >= 4 is 27.4 Å². The summed E-state index contributed by atoms with van der Waals surface area (Å²) in [6.45, 7) is 5.63. The number of esters is 1. The van der Waals surface area contributed by atoms with Gasteiger partial charge in [-0.25, -0.2) is 13.2 Å². The van der Waals surface area contributed by atoms with E-state index in [-0.39, 0.29) is 15.9 Å². The summed E-state index contributed by atoms with van der Waals surface area (Å²) in [4.78, 5) is 24.3. The SMILES string of the molecule is CC(C)(C)c1ccccc1NC(=O)COC(=O)c1cccc(S(C)(=O)=O)c1. The Hall–Kier alpha value is -2.67. The van der Waals surface area contributed by atoms with E-state index < -0.39 is 28.3 Å². The Morgan fingerprint density at radius 3 is 2.33 bits per heavy atom. The lowest BCUT2D eigenvalue weighted by atomic mass is 9.86. The van der Waals surface area contributed by atoms with E-state index in [2.05, 4.69) is 5.32 Å². The number of carbonyl (C=O) groups excluding carboxylic acids is 2. The third kappa shape index (κ3) is 5.65. The van der Waals surface area contributed by atoms with Crippen LogP contribution in [0.25, 0.3) is 0 Å². The third-order valence-electron chi connectivity index (χ3n) is 3.84. The highest BCUT2D eigenvalue weighted by atomic mass is 32.2. The first kappa shape index (κ1) is 20.6. The van der Waals surface area contributed by atoms with Crippen molar-refractivity contribution in [3.63, 3.8) is 0 Å². The number of amides is 1. The van der Waals surface area contributed by atoms with Gasteiger partial charge in [0.2, 0.25) is 0 Å². The zero-order chi connectivity index (χ0) is 20.2. The predicted octanol–water partition coefficient (Wildman–Crippen LogP) is 3.18. The van der Waals surface area contributed by atoms with Crippen LogP contribution in [0.2, 0.25) is 0 Å². The highest BCUT2D eigenvalue weighted by Crippen LogP contribution is 2.29. The summed E-state index contributed by atoms with van der Waals surface area (Å²) in [6, 6.07) is 12.9. The third-order valence-corrected chi connectivity index (χ3v) is 4.95. The molecule has 7 heteroatoms. The van der Waals surface area contributed by atoms with E-state index in [1.165, 1.54) is 24.3 Å². The Morgan fingerprint density at radius 1 is 1.04 bits per heavy atom. The van der Waals surface area contributed by atoms with Gasteiger partial charge in [0, 0.05) is 11.9 Å². The van der Waals surface area contributed by atoms with E-state index in [0.29, 0.717) is 5.69 Å². The van der Waals surface area contributed by atoms with Crippen molar-refractivity contribution in [2.24, 2.45) is 0 Å². The van der Waals surface area contributed by atoms with Crippen LogP contribution < -0.4 is 5.32 Å². The van der Waals surface area contributed by atoms with Gasteiger partial charge in [-0.05, 0) is 35.2 Å². The lowest BCUT2D eigenvalue weighted by molar-refractivity contribution is -0.119. The van der Waals surface area contributed by atoms with Crippen molar-refractivity contribution in [3.05, 3.63) is 59.7 Å². The molecule has 2 aromatic rings. The molecule has 6 nitrogen and oxygen atoms in total. The highest BCUT2D eigenvalue weighted by Gasteiger charge is 2.19. The van der Waals surface area contributed by atoms with E-state index in [4.69, 9.17) is 4.74 Å². The standard InChI is InChI=1S/C20H23NO5S/c1-20(2,3)16-10-5-6-11-17(16)21-18(22)13-26-19(23)14-8-7-9-15(12-14)27(4,24)25/h5-12H,13H2,1-4H3,(H,21,22). The van der Waals surface area contributed by atoms with Crippen LogP contribution >= 0.6 is 0 Å². The minimum absolute atomic E-state index is 0.0144. The van der Waals surface area contributed by atoms with Crippen LogP contribution in [0, 0.1) is 0 Å². The molecular formula is C20H23NO5S. The molecule has 0 saturated carbocycles. The molecule has 144 valence electrons. The Kier molecular flexibility index (Phi) is 6.05. The first-order chi connectivity index (χ1) is 12.5. The van der Waals surface area contributed by atoms with Crippen LogP contribution in [-0.4, -0.2) is 33.2 Å². The molecule has 0 radical (unpaired) electrons. The molecule has 0 aliphatic rings. The van der Waals surface area contributed by atoms with E-state index in [9.17, 15) is 18.0 Å². The normalized spacial score (nSPS) is 11.7. The Balaban J connectivity index is 2.04. The fraction of sp³-hybridized carbons (Fsp3) is 0.300. The highest BCUT2D eigenvalue weighted by molar-refractivity contribution is 7.90. The lowest BCUT2D eigenvalue weighted by Gasteiger charge is -2.22. The van der Waals surface area contributed by atoms with Gasteiger partial charge in [-0.15, -0.1) is 0 Å². The summed E-state index contributed by atoms with van der Waals surface area (Å²) in [5.41, 5.74) is 1.53. The Morgan fingerprint density at radius 2 is 1.70 bits per heavy atom. The maximum absolute atomic E-state index is 12.2. The van der Waals surface area contributed by atoms with Crippen molar-refractivity contribution < 1.29 is 22.7 Å². The number of benzene rings is 2. The molecule has 2 aromatic carbocycles. The van der Waals surface area contributed by atoms with Crippen molar-refractivity contribution in [2.45, 2.75) is 31.1 Å². The van der Waals surface area contributed by atoms with Gasteiger partial charge in [0.25, 0.3) is 5.91 Å². The number of rotatable bonds is 5. The summed E-state index contributed by atoms with van der Waals surface area (Å²) in [5, 5.41) is 2.75. The maximum Gasteiger partial charge on any atom is 0.338 e. The second-order valence-corrected chi connectivity index (χ2v) is 9.24.